The molecule has 0 heterocycles. The molecule has 0 radical (unpaired) electrons. The van der Waals surface area contributed by atoms with Crippen LogP contribution in [0.5, 0.6) is 0 Å². The molecule has 3 N–H and O–H groups in total. The van der Waals surface area contributed by atoms with Gasteiger partial charge in [0.1, 0.15) is 0 Å². The molecule has 0 fully saturated rings. The maximum Gasteiger partial charge on any atom is 0.237 e. The highest BCUT2D eigenvalue weighted by Crippen LogP contribution is 2.03. The van der Waals surface area contributed by atoms with Crippen molar-refractivity contribution < 1.29 is 13.2 Å². The van der Waals surface area contributed by atoms with Crippen molar-refractivity contribution in [3.05, 3.63) is 0 Å². The van der Waals surface area contributed by atoms with E-state index in [0.29, 0.717) is 13.0 Å². The maximum absolute atomic E-state index is 11.3. The summed E-state index contributed by atoms with van der Waals surface area (Å²) >= 11 is 0. The minimum atomic E-state index is -3.46. The van der Waals surface area contributed by atoms with Gasteiger partial charge in [0.05, 0.1) is 5.25 Å². The Morgan fingerprint density at radius 3 is 2.25 bits per heavy atom. The Labute approximate surface area is 97.8 Å². The molecule has 0 aromatic heterocycles. The number of hydrogen-bond donors (Lipinski definition) is 2. The van der Waals surface area contributed by atoms with E-state index in [-0.39, 0.29) is 6.42 Å². The van der Waals surface area contributed by atoms with Crippen LogP contribution in [-0.4, -0.2) is 26.1 Å². The molecular formula is C10H22N2O3S. The summed E-state index contributed by atoms with van der Waals surface area (Å²) in [5.74, 6) is -0.415. The van der Waals surface area contributed by atoms with Crippen LogP contribution in [0.2, 0.25) is 0 Å². The quantitative estimate of drug-likeness (QED) is 0.622. The van der Waals surface area contributed by atoms with Gasteiger partial charge in [-0.25, -0.2) is 8.42 Å². The first-order valence-electron chi connectivity index (χ1n) is 5.64. The smallest absolute Gasteiger partial charge is 0.237 e. The molecule has 0 rings (SSSR count). The van der Waals surface area contributed by atoms with E-state index in [1.54, 1.807) is 0 Å². The number of nitrogens with one attached hydrogen (secondary N) is 1. The van der Waals surface area contributed by atoms with Gasteiger partial charge in [0.2, 0.25) is 15.9 Å². The Hall–Kier alpha value is -0.620. The summed E-state index contributed by atoms with van der Waals surface area (Å²) in [5, 5.41) is -0.575. The molecule has 16 heavy (non-hydrogen) atoms. The van der Waals surface area contributed by atoms with Gasteiger partial charge in [-0.05, 0) is 33.2 Å². The molecular weight excluding hydrogens is 228 g/mol. The van der Waals surface area contributed by atoms with E-state index in [4.69, 9.17) is 5.73 Å². The summed E-state index contributed by atoms with van der Waals surface area (Å²) in [6, 6.07) is 0. The number of carbonyl (C=O) groups is 1. The van der Waals surface area contributed by atoms with Gasteiger partial charge >= 0.3 is 0 Å². The van der Waals surface area contributed by atoms with Crippen LogP contribution in [0.3, 0.4) is 0 Å². The third kappa shape index (κ3) is 6.79. The van der Waals surface area contributed by atoms with E-state index < -0.39 is 21.2 Å². The van der Waals surface area contributed by atoms with Crippen molar-refractivity contribution in [2.24, 2.45) is 5.73 Å². The number of rotatable bonds is 8. The van der Waals surface area contributed by atoms with E-state index in [0.717, 1.165) is 19.3 Å². The van der Waals surface area contributed by atoms with E-state index in [1.807, 2.05) is 0 Å². The van der Waals surface area contributed by atoms with Crippen LogP contribution in [0.1, 0.15) is 46.0 Å². The van der Waals surface area contributed by atoms with Gasteiger partial charge in [-0.2, -0.15) is 0 Å². The van der Waals surface area contributed by atoms with Gasteiger partial charge in [-0.15, -0.1) is 0 Å². The van der Waals surface area contributed by atoms with Gasteiger partial charge in [-0.3, -0.25) is 9.52 Å². The van der Waals surface area contributed by atoms with Crippen molar-refractivity contribution in [1.82, 2.24) is 4.72 Å². The Kier molecular flexibility index (Phi) is 7.33. The maximum atomic E-state index is 11.3. The number of nitrogens with two attached hydrogens (primary N) is 1. The van der Waals surface area contributed by atoms with Crippen LogP contribution >= 0.6 is 0 Å². The molecule has 0 aromatic rings. The number of sulfonamides is 1. The summed E-state index contributed by atoms with van der Waals surface area (Å²) < 4.78 is 24.7. The molecule has 0 spiro atoms. The highest BCUT2D eigenvalue weighted by atomic mass is 32.2. The molecule has 0 aliphatic rings. The fourth-order valence-electron chi connectivity index (χ4n) is 1.11. The summed E-state index contributed by atoms with van der Waals surface area (Å²) in [6.45, 7) is 3.74. The minimum absolute atomic E-state index is 0.260. The van der Waals surface area contributed by atoms with Gasteiger partial charge in [0.25, 0.3) is 0 Å². The first-order valence-corrected chi connectivity index (χ1v) is 7.19. The molecule has 1 amide bonds. The first kappa shape index (κ1) is 15.4. The van der Waals surface area contributed by atoms with Crippen LogP contribution in [0, 0.1) is 0 Å². The second-order valence-corrected chi connectivity index (χ2v) is 6.31. The lowest BCUT2D eigenvalue weighted by molar-refractivity contribution is -0.119. The lowest BCUT2D eigenvalue weighted by Gasteiger charge is -2.09. The van der Waals surface area contributed by atoms with Crippen molar-refractivity contribution in [2.75, 3.05) is 6.54 Å². The van der Waals surface area contributed by atoms with Crippen molar-refractivity contribution >= 4 is 15.9 Å². The van der Waals surface area contributed by atoms with Crippen molar-refractivity contribution in [1.29, 1.82) is 0 Å². The van der Waals surface area contributed by atoms with Crippen LogP contribution < -0.4 is 10.5 Å². The fourth-order valence-corrected chi connectivity index (χ4v) is 1.77. The topological polar surface area (TPSA) is 89.3 Å². The van der Waals surface area contributed by atoms with E-state index in [9.17, 15) is 13.2 Å². The lowest BCUT2D eigenvalue weighted by atomic mass is 10.1. The molecule has 96 valence electrons. The second-order valence-electron chi connectivity index (χ2n) is 4.07. The summed E-state index contributed by atoms with van der Waals surface area (Å²) in [6.07, 6.45) is 3.81. The van der Waals surface area contributed by atoms with E-state index >= 15 is 0 Å². The second kappa shape index (κ2) is 7.62. The molecule has 0 bridgehead atoms. The fraction of sp³-hybridized carbons (Fsp3) is 0.900. The summed E-state index contributed by atoms with van der Waals surface area (Å²) in [5.41, 5.74) is 5.33. The third-order valence-corrected chi connectivity index (χ3v) is 3.99. The summed E-state index contributed by atoms with van der Waals surface area (Å²) in [4.78, 5) is 11.3. The Bertz CT molecular complexity index is 299. The van der Waals surface area contributed by atoms with E-state index in [2.05, 4.69) is 4.72 Å². The molecule has 0 unspecified atom stereocenters. The lowest BCUT2D eigenvalue weighted by Crippen LogP contribution is -2.35. The molecule has 0 atom stereocenters. The van der Waals surface area contributed by atoms with Crippen LogP contribution in [-0.2, 0) is 14.8 Å². The summed E-state index contributed by atoms with van der Waals surface area (Å²) in [7, 11) is -3.46. The standard InChI is InChI=1S/C10H22N2O3S/c1-9(2)16(14,15)12-10(13)7-5-3-4-6-8-11/h9H,3-8,11H2,1-2H3,(H,12,13). The van der Waals surface area contributed by atoms with Gasteiger partial charge in [-0.1, -0.05) is 12.8 Å². The molecule has 0 saturated carbocycles. The highest BCUT2D eigenvalue weighted by molar-refractivity contribution is 7.90. The molecule has 0 saturated heterocycles. The number of unbranched alkanes of at least 4 members (excludes halogenated alkanes) is 3. The van der Waals surface area contributed by atoms with Crippen LogP contribution in [0.25, 0.3) is 0 Å². The van der Waals surface area contributed by atoms with Gasteiger partial charge < -0.3 is 5.73 Å². The van der Waals surface area contributed by atoms with E-state index in [1.165, 1.54) is 13.8 Å². The minimum Gasteiger partial charge on any atom is -0.330 e. The third-order valence-electron chi connectivity index (χ3n) is 2.23. The number of carbonyl (C=O) groups excluding carboxylic acids is 1. The van der Waals surface area contributed by atoms with Crippen molar-refractivity contribution in [3.8, 4) is 0 Å². The highest BCUT2D eigenvalue weighted by Gasteiger charge is 2.18. The number of hydrogen-bond acceptors (Lipinski definition) is 4. The van der Waals surface area contributed by atoms with Crippen molar-refractivity contribution in [3.63, 3.8) is 0 Å². The zero-order valence-corrected chi connectivity index (χ0v) is 10.8. The van der Waals surface area contributed by atoms with Crippen molar-refractivity contribution in [2.45, 2.75) is 51.2 Å². The first-order chi connectivity index (χ1) is 7.40. The van der Waals surface area contributed by atoms with Gasteiger partial charge in [0.15, 0.2) is 0 Å². The van der Waals surface area contributed by atoms with Crippen LogP contribution in [0.15, 0.2) is 0 Å². The Morgan fingerprint density at radius 1 is 1.19 bits per heavy atom. The molecule has 0 aliphatic carbocycles. The SMILES string of the molecule is CC(C)S(=O)(=O)NC(=O)CCCCCCN. The normalized spacial score (nSPS) is 11.8. The Morgan fingerprint density at radius 2 is 1.75 bits per heavy atom. The molecule has 6 heteroatoms. The molecule has 5 nitrogen and oxygen atoms in total. The largest absolute Gasteiger partial charge is 0.330 e. The number of amides is 1. The molecule has 0 aromatic carbocycles. The monoisotopic (exact) mass is 250 g/mol. The average Bonchev–Trinajstić information content (AvgIpc) is 2.16. The predicted octanol–water partition coefficient (Wildman–Crippen LogP) is 0.750. The van der Waals surface area contributed by atoms with Crippen LogP contribution in [0.4, 0.5) is 0 Å². The predicted molar refractivity (Wildman–Crippen MR) is 64.3 cm³/mol. The average molecular weight is 250 g/mol. The zero-order valence-electron chi connectivity index (χ0n) is 10.0. The Balaban J connectivity index is 3.75. The van der Waals surface area contributed by atoms with Gasteiger partial charge in [0, 0.05) is 6.42 Å². The molecule has 0 aliphatic heterocycles. The zero-order chi connectivity index (χ0) is 12.6.